The van der Waals surface area contributed by atoms with Crippen LogP contribution in [0.5, 0.6) is 11.5 Å². The van der Waals surface area contributed by atoms with Crippen molar-refractivity contribution < 1.29 is 27.9 Å². The van der Waals surface area contributed by atoms with Gasteiger partial charge in [0.05, 0.1) is 14.2 Å². The molecule has 2 rings (SSSR count). The van der Waals surface area contributed by atoms with Gasteiger partial charge >= 0.3 is 0 Å². The Hall–Kier alpha value is -2.84. The lowest BCUT2D eigenvalue weighted by molar-refractivity contribution is -0.122. The zero-order valence-corrected chi connectivity index (χ0v) is 17.2. The highest BCUT2D eigenvalue weighted by Crippen LogP contribution is 2.33. The molecule has 156 valence electrons. The number of hydrogen-bond acceptors (Lipinski definition) is 6. The summed E-state index contributed by atoms with van der Waals surface area (Å²) < 4.78 is 34.1. The number of benzene rings is 2. The number of amides is 1. The maximum Gasteiger partial charge on any atom is 0.286 e. The molecule has 0 saturated heterocycles. The first kappa shape index (κ1) is 22.4. The number of hydrogen-bond donors (Lipinski definition) is 2. The van der Waals surface area contributed by atoms with Crippen molar-refractivity contribution in [2.45, 2.75) is 31.6 Å². The molecule has 0 spiro atoms. The average molecular weight is 419 g/mol. The van der Waals surface area contributed by atoms with Crippen LogP contribution in [-0.4, -0.2) is 38.6 Å². The van der Waals surface area contributed by atoms with Crippen molar-refractivity contribution >= 4 is 21.1 Å². The van der Waals surface area contributed by atoms with Crippen molar-refractivity contribution in [2.75, 3.05) is 14.2 Å². The van der Waals surface area contributed by atoms with Gasteiger partial charge in [-0.1, -0.05) is 42.8 Å². The van der Waals surface area contributed by atoms with Crippen LogP contribution in [0.15, 0.2) is 48.5 Å². The third kappa shape index (κ3) is 6.07. The van der Waals surface area contributed by atoms with Crippen molar-refractivity contribution in [3.8, 4) is 11.5 Å². The van der Waals surface area contributed by atoms with E-state index in [9.17, 15) is 13.2 Å². The molecule has 0 saturated carbocycles. The van der Waals surface area contributed by atoms with E-state index in [1.807, 2.05) is 30.3 Å². The van der Waals surface area contributed by atoms with E-state index in [0.29, 0.717) is 29.9 Å². The van der Waals surface area contributed by atoms with Crippen LogP contribution >= 0.6 is 0 Å². The van der Waals surface area contributed by atoms with Gasteiger partial charge in [-0.25, -0.2) is 5.48 Å². The molecule has 8 heteroatoms. The standard InChI is InChI=1S/C21H25NO6S/c1-27-18-13-12-16(14-19(18)28-2)17(20(29(25)26)21(23)22-24)11-7-6-10-15-8-4-3-5-9-15/h3-5,8-9,12-14,17,24H,6-7,10-11H2,1-2H3,(H,22,23). The quantitative estimate of drug-likeness (QED) is 0.266. The van der Waals surface area contributed by atoms with Crippen LogP contribution in [0.2, 0.25) is 0 Å². The molecule has 0 bridgehead atoms. The lowest BCUT2D eigenvalue weighted by atomic mass is 9.89. The maximum absolute atomic E-state index is 12.1. The van der Waals surface area contributed by atoms with Crippen LogP contribution in [0.3, 0.4) is 0 Å². The second-order valence-electron chi connectivity index (χ2n) is 6.44. The Bertz CT molecular complexity index is 948. The Balaban J connectivity index is 2.28. The van der Waals surface area contributed by atoms with Gasteiger partial charge in [0.25, 0.3) is 5.91 Å². The second kappa shape index (κ2) is 11.2. The molecule has 0 aliphatic carbocycles. The van der Waals surface area contributed by atoms with Gasteiger partial charge in [0.15, 0.2) is 11.5 Å². The molecule has 7 nitrogen and oxygen atoms in total. The number of aryl methyl sites for hydroxylation is 1. The molecule has 1 unspecified atom stereocenters. The van der Waals surface area contributed by atoms with E-state index in [-0.39, 0.29) is 0 Å². The lowest BCUT2D eigenvalue weighted by Gasteiger charge is -2.18. The third-order valence-electron chi connectivity index (χ3n) is 4.68. The van der Waals surface area contributed by atoms with Crippen molar-refractivity contribution in [3.05, 3.63) is 59.7 Å². The Morgan fingerprint density at radius 2 is 1.72 bits per heavy atom. The van der Waals surface area contributed by atoms with Gasteiger partial charge < -0.3 is 9.47 Å². The first-order valence-electron chi connectivity index (χ1n) is 9.18. The summed E-state index contributed by atoms with van der Waals surface area (Å²) in [5.41, 5.74) is 3.22. The van der Waals surface area contributed by atoms with E-state index in [4.69, 9.17) is 14.7 Å². The fraction of sp³-hybridized carbons (Fsp3) is 0.333. The summed E-state index contributed by atoms with van der Waals surface area (Å²) in [6, 6.07) is 15.0. The van der Waals surface area contributed by atoms with Crippen LogP contribution in [0, 0.1) is 0 Å². The molecule has 2 N–H and O–H groups in total. The van der Waals surface area contributed by atoms with Crippen LogP contribution in [-0.2, 0) is 21.5 Å². The zero-order valence-electron chi connectivity index (χ0n) is 16.4. The molecule has 2 aromatic carbocycles. The summed E-state index contributed by atoms with van der Waals surface area (Å²) in [6.45, 7) is 0. The number of carbonyl (C=O) groups excluding carboxylic acids is 1. The normalized spacial score (nSPS) is 11.4. The van der Waals surface area contributed by atoms with Gasteiger partial charge in [0, 0.05) is 5.92 Å². The minimum absolute atomic E-state index is 0.416. The smallest absolute Gasteiger partial charge is 0.286 e. The number of unbranched alkanes of at least 4 members (excludes halogenated alkanes) is 1. The van der Waals surface area contributed by atoms with E-state index in [1.165, 1.54) is 25.3 Å². The van der Waals surface area contributed by atoms with E-state index in [1.54, 1.807) is 18.2 Å². The Morgan fingerprint density at radius 3 is 2.31 bits per heavy atom. The maximum atomic E-state index is 12.1. The first-order valence-corrected chi connectivity index (χ1v) is 10.3. The van der Waals surface area contributed by atoms with Crippen LogP contribution < -0.4 is 15.0 Å². The van der Waals surface area contributed by atoms with Crippen LogP contribution in [0.4, 0.5) is 0 Å². The fourth-order valence-corrected chi connectivity index (χ4v) is 3.93. The van der Waals surface area contributed by atoms with E-state index >= 15 is 0 Å². The number of hydroxylamine groups is 1. The molecule has 0 heterocycles. The summed E-state index contributed by atoms with van der Waals surface area (Å²) in [7, 11) is 0.183. The zero-order chi connectivity index (χ0) is 21.2. The molecule has 0 aliphatic rings. The molecule has 0 aliphatic heterocycles. The predicted molar refractivity (Wildman–Crippen MR) is 110 cm³/mol. The fourth-order valence-electron chi connectivity index (χ4n) is 3.25. The molecule has 2 aromatic rings. The predicted octanol–water partition coefficient (Wildman–Crippen LogP) is 2.76. The molecule has 0 fully saturated rings. The topological polar surface area (TPSA) is 102 Å². The number of carbonyl (C=O) groups is 1. The molecular formula is C21H25NO6S. The van der Waals surface area contributed by atoms with Crippen molar-refractivity contribution in [3.63, 3.8) is 0 Å². The van der Waals surface area contributed by atoms with Crippen molar-refractivity contribution in [1.29, 1.82) is 0 Å². The highest BCUT2D eigenvalue weighted by Gasteiger charge is 2.27. The largest absolute Gasteiger partial charge is 0.493 e. The minimum Gasteiger partial charge on any atom is -0.493 e. The molecule has 1 atom stereocenters. The summed E-state index contributed by atoms with van der Waals surface area (Å²) in [5, 5.41) is 9.01. The number of nitrogens with one attached hydrogen (secondary N) is 1. The van der Waals surface area contributed by atoms with Crippen LogP contribution in [0.25, 0.3) is 0 Å². The molecule has 1 amide bonds. The molecule has 0 radical (unpaired) electrons. The minimum atomic E-state index is -2.80. The number of methoxy groups -OCH3 is 2. The Kier molecular flexibility index (Phi) is 8.69. The molecular weight excluding hydrogens is 394 g/mol. The Labute approximate surface area is 171 Å². The summed E-state index contributed by atoms with van der Waals surface area (Å²) in [6.07, 6.45) is 2.78. The number of rotatable bonds is 10. The monoisotopic (exact) mass is 419 g/mol. The van der Waals surface area contributed by atoms with Gasteiger partial charge in [-0.3, -0.25) is 10.0 Å². The molecule has 29 heavy (non-hydrogen) atoms. The first-order chi connectivity index (χ1) is 14.0. The van der Waals surface area contributed by atoms with E-state index < -0.39 is 27.0 Å². The third-order valence-corrected chi connectivity index (χ3v) is 5.51. The van der Waals surface area contributed by atoms with Gasteiger partial charge in [-0.15, -0.1) is 0 Å². The Morgan fingerprint density at radius 1 is 1.03 bits per heavy atom. The van der Waals surface area contributed by atoms with Crippen molar-refractivity contribution in [2.24, 2.45) is 0 Å². The van der Waals surface area contributed by atoms with Gasteiger partial charge in [-0.05, 0) is 42.5 Å². The lowest BCUT2D eigenvalue weighted by Crippen LogP contribution is -2.33. The van der Waals surface area contributed by atoms with E-state index in [2.05, 4.69) is 0 Å². The highest BCUT2D eigenvalue weighted by molar-refractivity contribution is 7.74. The van der Waals surface area contributed by atoms with Crippen LogP contribution in [0.1, 0.15) is 36.3 Å². The summed E-state index contributed by atoms with van der Waals surface area (Å²) >= 11 is 0. The summed E-state index contributed by atoms with van der Waals surface area (Å²) in [4.78, 5) is 11.6. The molecule has 0 aromatic heterocycles. The SMILES string of the molecule is COc1ccc(C(CCCCc2ccccc2)C(C(=O)NO)=S(=O)=O)cc1OC. The van der Waals surface area contributed by atoms with Gasteiger partial charge in [0.1, 0.15) is 4.86 Å². The number of ether oxygens (including phenoxy) is 2. The second-order valence-corrected chi connectivity index (χ2v) is 7.35. The summed E-state index contributed by atoms with van der Waals surface area (Å²) in [5.74, 6) is -0.840. The average Bonchev–Trinajstić information content (AvgIpc) is 2.75. The van der Waals surface area contributed by atoms with Gasteiger partial charge in [-0.2, -0.15) is 8.42 Å². The van der Waals surface area contributed by atoms with E-state index in [0.717, 1.165) is 12.8 Å². The van der Waals surface area contributed by atoms with Crippen molar-refractivity contribution in [1.82, 2.24) is 5.48 Å². The van der Waals surface area contributed by atoms with Gasteiger partial charge in [0.2, 0.25) is 10.3 Å². The highest BCUT2D eigenvalue weighted by atomic mass is 32.2.